The predicted molar refractivity (Wildman–Crippen MR) is 57.0 cm³/mol. The van der Waals surface area contributed by atoms with E-state index < -0.39 is 5.82 Å². The van der Waals surface area contributed by atoms with Crippen molar-refractivity contribution in [3.63, 3.8) is 0 Å². The first-order valence-corrected chi connectivity index (χ1v) is 4.58. The van der Waals surface area contributed by atoms with Crippen LogP contribution < -0.4 is 4.74 Å². The summed E-state index contributed by atoms with van der Waals surface area (Å²) in [7, 11) is 1.37. The van der Waals surface area contributed by atoms with Crippen molar-refractivity contribution in [2.24, 2.45) is 0 Å². The summed E-state index contributed by atoms with van der Waals surface area (Å²) in [4.78, 5) is 0. The van der Waals surface area contributed by atoms with Crippen LogP contribution in [0, 0.1) is 17.1 Å². The molecule has 0 fully saturated rings. The average molecular weight is 226 g/mol. The third-order valence-corrected chi connectivity index (χ3v) is 2.40. The van der Waals surface area contributed by atoms with E-state index in [9.17, 15) is 4.39 Å². The van der Waals surface area contributed by atoms with E-state index in [4.69, 9.17) is 21.6 Å². The number of methoxy groups -OCH3 is 1. The molecule has 0 amide bonds. The number of benzene rings is 1. The Bertz CT molecular complexity index is 448. The topological polar surface area (TPSA) is 33.0 Å². The van der Waals surface area contributed by atoms with E-state index in [-0.39, 0.29) is 5.75 Å². The van der Waals surface area contributed by atoms with Crippen LogP contribution in [0.15, 0.2) is 23.8 Å². The van der Waals surface area contributed by atoms with Crippen LogP contribution in [0.3, 0.4) is 0 Å². The number of rotatable bonds is 2. The molecule has 78 valence electrons. The Kier molecular flexibility index (Phi) is 3.70. The van der Waals surface area contributed by atoms with Gasteiger partial charge in [-0.2, -0.15) is 5.26 Å². The molecule has 0 radical (unpaired) electrons. The largest absolute Gasteiger partial charge is 0.494 e. The first kappa shape index (κ1) is 11.5. The minimum atomic E-state index is -0.458. The van der Waals surface area contributed by atoms with Crippen LogP contribution in [0.4, 0.5) is 4.39 Å². The second-order valence-electron chi connectivity index (χ2n) is 2.90. The molecule has 0 spiro atoms. The van der Waals surface area contributed by atoms with Gasteiger partial charge in [0.05, 0.1) is 18.2 Å². The summed E-state index contributed by atoms with van der Waals surface area (Å²) in [5.74, 6) is -0.350. The number of allylic oxidation sites excluding steroid dienone is 1. The smallest absolute Gasteiger partial charge is 0.165 e. The van der Waals surface area contributed by atoms with Crippen LogP contribution in [0.1, 0.15) is 12.5 Å². The number of hydrogen-bond donors (Lipinski definition) is 0. The quantitative estimate of drug-likeness (QED) is 0.724. The molecule has 0 unspecified atom stereocenters. The van der Waals surface area contributed by atoms with Crippen molar-refractivity contribution in [2.45, 2.75) is 6.92 Å². The molecule has 0 bridgehead atoms. The zero-order valence-electron chi connectivity index (χ0n) is 8.34. The molecule has 1 rings (SSSR count). The molecule has 0 aliphatic carbocycles. The van der Waals surface area contributed by atoms with Crippen molar-refractivity contribution < 1.29 is 9.13 Å². The Morgan fingerprint density at radius 1 is 1.53 bits per heavy atom. The fourth-order valence-corrected chi connectivity index (χ4v) is 1.22. The highest BCUT2D eigenvalue weighted by atomic mass is 35.5. The number of ether oxygens (including phenoxy) is 1. The molecule has 0 saturated carbocycles. The first-order valence-electron chi connectivity index (χ1n) is 4.20. The molecular weight excluding hydrogens is 217 g/mol. The van der Waals surface area contributed by atoms with Crippen LogP contribution in [-0.4, -0.2) is 7.11 Å². The van der Waals surface area contributed by atoms with Crippen molar-refractivity contribution in [3.8, 4) is 11.8 Å². The molecule has 1 aromatic rings. The molecule has 1 aromatic carbocycles. The second-order valence-corrected chi connectivity index (χ2v) is 3.28. The zero-order valence-corrected chi connectivity index (χ0v) is 9.10. The summed E-state index contributed by atoms with van der Waals surface area (Å²) in [5.41, 5.74) is 0.944. The Balaban J connectivity index is 3.24. The number of nitriles is 1. The molecule has 0 atom stereocenters. The van der Waals surface area contributed by atoms with Crippen LogP contribution in [0.25, 0.3) is 5.03 Å². The SMILES string of the molecule is COc1cc(/C(Cl)=C(/C)C#N)ccc1F. The highest BCUT2D eigenvalue weighted by Crippen LogP contribution is 2.27. The van der Waals surface area contributed by atoms with Gasteiger partial charge in [-0.25, -0.2) is 4.39 Å². The monoisotopic (exact) mass is 225 g/mol. The Morgan fingerprint density at radius 3 is 2.73 bits per heavy atom. The minimum Gasteiger partial charge on any atom is -0.494 e. The van der Waals surface area contributed by atoms with Gasteiger partial charge in [-0.15, -0.1) is 0 Å². The molecule has 0 aliphatic heterocycles. The van der Waals surface area contributed by atoms with E-state index in [1.165, 1.54) is 25.3 Å². The maximum Gasteiger partial charge on any atom is 0.165 e. The van der Waals surface area contributed by atoms with Gasteiger partial charge in [-0.3, -0.25) is 0 Å². The zero-order chi connectivity index (χ0) is 11.4. The summed E-state index contributed by atoms with van der Waals surface area (Å²) < 4.78 is 17.9. The molecule has 0 heterocycles. The van der Waals surface area contributed by atoms with Crippen molar-refractivity contribution in [2.75, 3.05) is 7.11 Å². The lowest BCUT2D eigenvalue weighted by molar-refractivity contribution is 0.386. The van der Waals surface area contributed by atoms with Gasteiger partial charge in [0.2, 0.25) is 0 Å². The van der Waals surface area contributed by atoms with Crippen molar-refractivity contribution >= 4 is 16.6 Å². The molecule has 4 heteroatoms. The summed E-state index contributed by atoms with van der Waals surface area (Å²) in [6.45, 7) is 1.60. The molecule has 0 aliphatic rings. The first-order chi connectivity index (χ1) is 7.10. The van der Waals surface area contributed by atoms with E-state index in [2.05, 4.69) is 0 Å². The van der Waals surface area contributed by atoms with Gasteiger partial charge in [0.25, 0.3) is 0 Å². The Morgan fingerprint density at radius 2 is 2.20 bits per heavy atom. The highest BCUT2D eigenvalue weighted by Gasteiger charge is 2.07. The van der Waals surface area contributed by atoms with Gasteiger partial charge in [0.15, 0.2) is 11.6 Å². The Hall–Kier alpha value is -1.53. The van der Waals surface area contributed by atoms with Gasteiger partial charge in [0.1, 0.15) is 0 Å². The normalized spacial score (nSPS) is 11.7. The summed E-state index contributed by atoms with van der Waals surface area (Å²) in [5, 5.41) is 8.95. The van der Waals surface area contributed by atoms with Gasteiger partial charge < -0.3 is 4.74 Å². The van der Waals surface area contributed by atoms with Crippen LogP contribution in [0.2, 0.25) is 0 Å². The molecule has 2 nitrogen and oxygen atoms in total. The van der Waals surface area contributed by atoms with Crippen LogP contribution in [0.5, 0.6) is 5.75 Å². The third-order valence-electron chi connectivity index (χ3n) is 1.90. The molecule has 0 aromatic heterocycles. The molecule has 0 N–H and O–H groups in total. The summed E-state index contributed by atoms with van der Waals surface area (Å²) in [6.07, 6.45) is 0. The standard InChI is InChI=1S/C11H9ClFNO/c1-7(6-14)11(12)8-3-4-9(13)10(5-8)15-2/h3-5H,1-2H3/b11-7+. The maximum absolute atomic E-state index is 13.1. The average Bonchev–Trinajstić information content (AvgIpc) is 2.27. The summed E-state index contributed by atoms with van der Waals surface area (Å²) in [6, 6.07) is 6.14. The van der Waals surface area contributed by atoms with Crippen molar-refractivity contribution in [3.05, 3.63) is 35.2 Å². The van der Waals surface area contributed by atoms with E-state index in [0.29, 0.717) is 16.2 Å². The van der Waals surface area contributed by atoms with Crippen LogP contribution in [-0.2, 0) is 0 Å². The fourth-order valence-electron chi connectivity index (χ4n) is 1.06. The number of hydrogen-bond acceptors (Lipinski definition) is 2. The maximum atomic E-state index is 13.1. The lowest BCUT2D eigenvalue weighted by Crippen LogP contribution is -1.90. The van der Waals surface area contributed by atoms with Gasteiger partial charge >= 0.3 is 0 Å². The second kappa shape index (κ2) is 4.81. The van der Waals surface area contributed by atoms with E-state index in [1.807, 2.05) is 6.07 Å². The fraction of sp³-hybridized carbons (Fsp3) is 0.182. The number of nitrogens with zero attached hydrogens (tertiary/aromatic N) is 1. The molecule has 0 saturated heterocycles. The van der Waals surface area contributed by atoms with Gasteiger partial charge in [-0.1, -0.05) is 17.7 Å². The van der Waals surface area contributed by atoms with Gasteiger partial charge in [0, 0.05) is 5.57 Å². The van der Waals surface area contributed by atoms with E-state index in [0.717, 1.165) is 0 Å². The highest BCUT2D eigenvalue weighted by molar-refractivity contribution is 6.49. The predicted octanol–water partition coefficient (Wildman–Crippen LogP) is 3.33. The van der Waals surface area contributed by atoms with E-state index in [1.54, 1.807) is 6.92 Å². The van der Waals surface area contributed by atoms with Gasteiger partial charge in [-0.05, 0) is 24.6 Å². The van der Waals surface area contributed by atoms with Crippen molar-refractivity contribution in [1.29, 1.82) is 5.26 Å². The molecular formula is C11H9ClFNO. The lowest BCUT2D eigenvalue weighted by Gasteiger charge is -2.05. The minimum absolute atomic E-state index is 0.108. The van der Waals surface area contributed by atoms with Crippen LogP contribution >= 0.6 is 11.6 Å². The third kappa shape index (κ3) is 2.48. The number of halogens is 2. The van der Waals surface area contributed by atoms with E-state index >= 15 is 0 Å². The Labute approximate surface area is 92.5 Å². The van der Waals surface area contributed by atoms with Crippen molar-refractivity contribution in [1.82, 2.24) is 0 Å². The molecule has 15 heavy (non-hydrogen) atoms. The lowest BCUT2D eigenvalue weighted by atomic mass is 10.1. The summed E-state index contributed by atoms with van der Waals surface area (Å²) >= 11 is 5.92.